The molecule has 2 aromatic rings. The minimum absolute atomic E-state index is 0.407. The summed E-state index contributed by atoms with van der Waals surface area (Å²) < 4.78 is 4.86. The number of para-hydroxylation sites is 1. The van der Waals surface area contributed by atoms with Crippen molar-refractivity contribution in [2.75, 3.05) is 43.3 Å². The molecule has 0 fully saturated rings. The molecule has 1 aromatic carbocycles. The third-order valence-corrected chi connectivity index (χ3v) is 4.04. The Bertz CT molecular complexity index is 735. The van der Waals surface area contributed by atoms with Crippen molar-refractivity contribution in [1.82, 2.24) is 9.97 Å². The van der Waals surface area contributed by atoms with E-state index in [-0.39, 0.29) is 0 Å². The minimum Gasteiger partial charge on any atom is -0.465 e. The smallest absolute Gasteiger partial charge is 0.339 e. The maximum atomic E-state index is 12.0. The number of unbranched alkanes of at least 4 members (excludes halogenated alkanes) is 1. The van der Waals surface area contributed by atoms with Crippen LogP contribution in [0.1, 0.15) is 30.1 Å². The van der Waals surface area contributed by atoms with Crippen LogP contribution in [0.15, 0.2) is 30.6 Å². The van der Waals surface area contributed by atoms with Crippen molar-refractivity contribution in [3.05, 3.63) is 36.2 Å². The average Bonchev–Trinajstić information content (AvgIpc) is 2.65. The molecule has 0 radical (unpaired) electrons. The van der Waals surface area contributed by atoms with E-state index in [2.05, 4.69) is 16.9 Å². The summed E-state index contributed by atoms with van der Waals surface area (Å²) in [7, 11) is 5.13. The summed E-state index contributed by atoms with van der Waals surface area (Å²) in [6, 6.07) is 7.18. The molecule has 0 unspecified atom stereocenters. The Hall–Kier alpha value is -2.83. The zero-order valence-corrected chi connectivity index (χ0v) is 15.2. The maximum absolute atomic E-state index is 12.0. The Morgan fingerprint density at radius 2 is 1.88 bits per heavy atom. The van der Waals surface area contributed by atoms with Crippen LogP contribution >= 0.6 is 0 Å². The lowest BCUT2D eigenvalue weighted by Gasteiger charge is -2.25. The van der Waals surface area contributed by atoms with Gasteiger partial charge in [-0.25, -0.2) is 14.8 Å². The summed E-state index contributed by atoms with van der Waals surface area (Å²) >= 11 is 0. The number of esters is 1. The van der Waals surface area contributed by atoms with E-state index in [1.165, 1.54) is 13.4 Å². The second kappa shape index (κ2) is 8.32. The van der Waals surface area contributed by atoms with E-state index < -0.39 is 5.97 Å². The monoisotopic (exact) mass is 343 g/mol. The van der Waals surface area contributed by atoms with Gasteiger partial charge in [0.05, 0.1) is 18.4 Å². The summed E-state index contributed by atoms with van der Waals surface area (Å²) in [5.74, 6) is 0.820. The van der Waals surface area contributed by atoms with Gasteiger partial charge >= 0.3 is 5.97 Å². The molecule has 7 nitrogen and oxygen atoms in total. The van der Waals surface area contributed by atoms with Gasteiger partial charge in [0, 0.05) is 20.6 Å². The van der Waals surface area contributed by atoms with Crippen molar-refractivity contribution in [2.45, 2.75) is 19.8 Å². The fourth-order valence-corrected chi connectivity index (χ4v) is 2.61. The van der Waals surface area contributed by atoms with Gasteiger partial charge in [-0.05, 0) is 18.6 Å². The first kappa shape index (κ1) is 18.5. The number of rotatable bonds is 7. The molecule has 2 N–H and O–H groups in total. The number of carbonyl (C=O) groups excluding carboxylic acids is 1. The molecule has 1 heterocycles. The van der Waals surface area contributed by atoms with Gasteiger partial charge in [-0.15, -0.1) is 0 Å². The van der Waals surface area contributed by atoms with Gasteiger partial charge in [-0.1, -0.05) is 25.5 Å². The molecule has 0 atom stereocenters. The number of carbonyl (C=O) groups is 1. The molecule has 7 heteroatoms. The summed E-state index contributed by atoms with van der Waals surface area (Å²) in [5, 5.41) is 0. The number of nitrogens with zero attached hydrogens (tertiary/aromatic N) is 4. The van der Waals surface area contributed by atoms with Gasteiger partial charge in [0.25, 0.3) is 0 Å². The van der Waals surface area contributed by atoms with Gasteiger partial charge < -0.3 is 20.3 Å². The van der Waals surface area contributed by atoms with Gasteiger partial charge in [-0.2, -0.15) is 0 Å². The minimum atomic E-state index is -0.407. The maximum Gasteiger partial charge on any atom is 0.339 e. The van der Waals surface area contributed by atoms with E-state index in [9.17, 15) is 4.79 Å². The summed E-state index contributed by atoms with van der Waals surface area (Å²) in [4.78, 5) is 24.5. The lowest BCUT2D eigenvalue weighted by molar-refractivity contribution is 0.0601. The molecule has 0 aliphatic rings. The second-order valence-corrected chi connectivity index (χ2v) is 5.78. The number of hydrogen-bond acceptors (Lipinski definition) is 7. The number of nitrogens with two attached hydrogens (primary N) is 1. The van der Waals surface area contributed by atoms with Crippen molar-refractivity contribution < 1.29 is 9.53 Å². The highest BCUT2D eigenvalue weighted by molar-refractivity contribution is 5.97. The zero-order valence-electron chi connectivity index (χ0n) is 15.2. The fraction of sp³-hybridized carbons (Fsp3) is 0.389. The van der Waals surface area contributed by atoms with Gasteiger partial charge in [0.15, 0.2) is 11.6 Å². The Kier molecular flexibility index (Phi) is 6.16. The number of hydrogen-bond donors (Lipinski definition) is 1. The lowest BCUT2D eigenvalue weighted by atomic mass is 10.1. The van der Waals surface area contributed by atoms with E-state index in [4.69, 9.17) is 10.5 Å². The zero-order chi connectivity index (χ0) is 18.4. The molecule has 0 aliphatic heterocycles. The predicted octanol–water partition coefficient (Wildman–Crippen LogP) is 2.85. The van der Waals surface area contributed by atoms with Crippen LogP contribution in [0, 0.1) is 0 Å². The van der Waals surface area contributed by atoms with Crippen LogP contribution in [0.5, 0.6) is 0 Å². The number of benzene rings is 1. The number of anilines is 4. The standard InChI is InChI=1S/C18H25N5O2/c1-5-6-11-22(2)16-15(19)17(21-12-20-16)23(3)14-10-8-7-9-13(14)18(24)25-4/h7-10,12H,5-6,11,19H2,1-4H3. The first-order valence-electron chi connectivity index (χ1n) is 8.23. The van der Waals surface area contributed by atoms with E-state index in [0.29, 0.717) is 28.6 Å². The third kappa shape index (κ3) is 3.99. The van der Waals surface area contributed by atoms with Crippen LogP contribution < -0.4 is 15.5 Å². The van der Waals surface area contributed by atoms with Crippen molar-refractivity contribution in [1.29, 1.82) is 0 Å². The number of aromatic nitrogens is 2. The predicted molar refractivity (Wildman–Crippen MR) is 100 cm³/mol. The van der Waals surface area contributed by atoms with E-state index >= 15 is 0 Å². The summed E-state index contributed by atoms with van der Waals surface area (Å²) in [5.41, 5.74) is 7.92. The first-order chi connectivity index (χ1) is 12.0. The van der Waals surface area contributed by atoms with Crippen LogP contribution in [0.3, 0.4) is 0 Å². The van der Waals surface area contributed by atoms with Crippen LogP contribution in [0.25, 0.3) is 0 Å². The van der Waals surface area contributed by atoms with Crippen molar-refractivity contribution >= 4 is 29.0 Å². The molecule has 25 heavy (non-hydrogen) atoms. The summed E-state index contributed by atoms with van der Waals surface area (Å²) in [6.07, 6.45) is 3.63. The summed E-state index contributed by atoms with van der Waals surface area (Å²) in [6.45, 7) is 3.00. The number of nitrogen functional groups attached to an aromatic ring is 1. The van der Waals surface area contributed by atoms with Crippen LogP contribution in [0.2, 0.25) is 0 Å². The highest BCUT2D eigenvalue weighted by Gasteiger charge is 2.20. The SMILES string of the molecule is CCCCN(C)c1ncnc(N(C)c2ccccc2C(=O)OC)c1N. The second-order valence-electron chi connectivity index (χ2n) is 5.78. The quantitative estimate of drug-likeness (QED) is 0.774. The van der Waals surface area contributed by atoms with Crippen LogP contribution in [-0.4, -0.2) is 43.7 Å². The Labute approximate surface area is 148 Å². The Balaban J connectivity index is 2.41. The Morgan fingerprint density at radius 1 is 1.20 bits per heavy atom. The van der Waals surface area contributed by atoms with Crippen molar-refractivity contribution in [2.24, 2.45) is 0 Å². The molecular weight excluding hydrogens is 318 g/mol. The lowest BCUT2D eigenvalue weighted by Crippen LogP contribution is -2.23. The molecule has 0 spiro atoms. The normalized spacial score (nSPS) is 10.4. The largest absolute Gasteiger partial charge is 0.465 e. The molecule has 1 aromatic heterocycles. The molecule has 0 saturated heterocycles. The first-order valence-corrected chi connectivity index (χ1v) is 8.23. The highest BCUT2D eigenvalue weighted by atomic mass is 16.5. The van der Waals surface area contributed by atoms with Crippen LogP contribution in [0.4, 0.5) is 23.0 Å². The van der Waals surface area contributed by atoms with Crippen molar-refractivity contribution in [3.63, 3.8) is 0 Å². The molecule has 2 rings (SSSR count). The van der Waals surface area contributed by atoms with Gasteiger partial charge in [0.2, 0.25) is 0 Å². The molecule has 0 saturated carbocycles. The fourth-order valence-electron chi connectivity index (χ4n) is 2.61. The van der Waals surface area contributed by atoms with E-state index in [1.807, 2.05) is 31.1 Å². The molecule has 0 aliphatic carbocycles. The van der Waals surface area contributed by atoms with E-state index in [0.717, 1.165) is 19.4 Å². The van der Waals surface area contributed by atoms with Gasteiger partial charge in [0.1, 0.15) is 12.0 Å². The molecular formula is C18H25N5O2. The molecule has 0 bridgehead atoms. The van der Waals surface area contributed by atoms with Crippen molar-refractivity contribution in [3.8, 4) is 0 Å². The Morgan fingerprint density at radius 3 is 2.56 bits per heavy atom. The number of ether oxygens (including phenoxy) is 1. The van der Waals surface area contributed by atoms with Crippen LogP contribution in [-0.2, 0) is 4.74 Å². The third-order valence-electron chi connectivity index (χ3n) is 4.04. The average molecular weight is 343 g/mol. The van der Waals surface area contributed by atoms with E-state index in [1.54, 1.807) is 17.0 Å². The number of methoxy groups -OCH3 is 1. The molecule has 134 valence electrons. The topological polar surface area (TPSA) is 84.6 Å². The van der Waals surface area contributed by atoms with Gasteiger partial charge in [-0.3, -0.25) is 0 Å². The highest BCUT2D eigenvalue weighted by Crippen LogP contribution is 2.33. The molecule has 0 amide bonds.